The van der Waals surface area contributed by atoms with Gasteiger partial charge in [-0.05, 0) is 0 Å². The standard InChI is InChI=1S/C30H41N6OP/c1-34(30(31)32)25-29(37)33-17-18-35-19-21-36(22-20-35)23-24-38(26-11-5-2-6-12-26,27-13-7-3-8-14-27)28-15-9-4-10-16-28/h2-16,38H,17-25H2,1H3,(H3,31,32)(H,33,37). The molecule has 0 aliphatic carbocycles. The summed E-state index contributed by atoms with van der Waals surface area (Å²) < 4.78 is 0. The molecule has 1 aliphatic rings. The van der Waals surface area contributed by atoms with Gasteiger partial charge in [-0.3, -0.25) is 5.41 Å². The molecule has 4 N–H and O–H groups in total. The van der Waals surface area contributed by atoms with E-state index in [9.17, 15) is 4.79 Å². The topological polar surface area (TPSA) is 88.7 Å². The second kappa shape index (κ2) is 13.5. The molecule has 1 amide bonds. The quantitative estimate of drug-likeness (QED) is 0.197. The van der Waals surface area contributed by atoms with E-state index >= 15 is 0 Å². The number of carbonyl (C=O) groups is 1. The molecule has 0 atom stereocenters. The van der Waals surface area contributed by atoms with Crippen molar-refractivity contribution < 1.29 is 4.79 Å². The van der Waals surface area contributed by atoms with Crippen LogP contribution in [0, 0.1) is 5.41 Å². The maximum Gasteiger partial charge on any atom is 0.188 e. The Labute approximate surface area is 227 Å². The molecule has 1 saturated heterocycles. The number of hydrogen-bond donors (Lipinski definition) is 3. The van der Waals surface area contributed by atoms with E-state index < -0.39 is 7.26 Å². The Morgan fingerprint density at radius 2 is 1.24 bits per heavy atom. The van der Waals surface area contributed by atoms with Gasteiger partial charge in [-0.1, -0.05) is 0 Å². The van der Waals surface area contributed by atoms with Crippen molar-refractivity contribution in [2.45, 2.75) is 0 Å². The fourth-order valence-corrected chi connectivity index (χ4v) is 10.2. The van der Waals surface area contributed by atoms with E-state index in [0.29, 0.717) is 6.54 Å². The second-order valence-corrected chi connectivity index (χ2v) is 14.1. The molecular weight excluding hydrogens is 491 g/mol. The molecule has 0 saturated carbocycles. The van der Waals surface area contributed by atoms with E-state index in [0.717, 1.165) is 45.4 Å². The van der Waals surface area contributed by atoms with Crippen LogP contribution in [0.25, 0.3) is 0 Å². The number of hydrogen-bond acceptors (Lipinski definition) is 4. The van der Waals surface area contributed by atoms with E-state index in [1.165, 1.54) is 20.8 Å². The van der Waals surface area contributed by atoms with Gasteiger partial charge in [0.15, 0.2) is 5.96 Å². The molecule has 7 nitrogen and oxygen atoms in total. The Hall–Kier alpha value is -3.25. The molecule has 1 fully saturated rings. The largest absolute Gasteiger partial charge is 0.370 e. The fraction of sp³-hybridized carbons (Fsp3) is 0.333. The molecule has 38 heavy (non-hydrogen) atoms. The van der Waals surface area contributed by atoms with Crippen LogP contribution >= 0.6 is 7.26 Å². The van der Waals surface area contributed by atoms with Crippen molar-refractivity contribution >= 4 is 35.0 Å². The van der Waals surface area contributed by atoms with E-state index in [-0.39, 0.29) is 18.4 Å². The summed E-state index contributed by atoms with van der Waals surface area (Å²) in [7, 11) is -0.566. The first-order valence-corrected chi connectivity index (χ1v) is 15.6. The van der Waals surface area contributed by atoms with Gasteiger partial charge < -0.3 is 5.73 Å². The van der Waals surface area contributed by atoms with Gasteiger partial charge >= 0.3 is 203 Å². The third-order valence-corrected chi connectivity index (χ3v) is 12.5. The van der Waals surface area contributed by atoms with Crippen LogP contribution in [0.1, 0.15) is 0 Å². The zero-order chi connectivity index (χ0) is 26.8. The van der Waals surface area contributed by atoms with Crippen LogP contribution in [-0.2, 0) is 4.79 Å². The first-order chi connectivity index (χ1) is 18.5. The van der Waals surface area contributed by atoms with Crippen LogP contribution < -0.4 is 27.0 Å². The monoisotopic (exact) mass is 532 g/mol. The molecule has 4 rings (SSSR count). The third kappa shape index (κ3) is 6.98. The van der Waals surface area contributed by atoms with Crippen molar-refractivity contribution in [3.63, 3.8) is 0 Å². The maximum atomic E-state index is 12.1. The van der Waals surface area contributed by atoms with Crippen molar-refractivity contribution in [1.82, 2.24) is 20.0 Å². The van der Waals surface area contributed by atoms with Gasteiger partial charge in [-0.25, -0.2) is 0 Å². The molecule has 0 aromatic heterocycles. The van der Waals surface area contributed by atoms with Crippen molar-refractivity contribution in [1.29, 1.82) is 5.41 Å². The van der Waals surface area contributed by atoms with Gasteiger partial charge in [0.1, 0.15) is 0 Å². The number of amides is 1. The molecule has 0 radical (unpaired) electrons. The average molecular weight is 533 g/mol. The van der Waals surface area contributed by atoms with Gasteiger partial charge in [0.05, 0.1) is 0 Å². The predicted octanol–water partition coefficient (Wildman–Crippen LogP) is 1.27. The molecule has 202 valence electrons. The summed E-state index contributed by atoms with van der Waals surface area (Å²) in [5.41, 5.74) is 5.41. The number of nitrogens with two attached hydrogens (primary N) is 1. The molecule has 1 aliphatic heterocycles. The molecule has 1 heterocycles. The van der Waals surface area contributed by atoms with Crippen LogP contribution in [0.3, 0.4) is 0 Å². The van der Waals surface area contributed by atoms with Crippen molar-refractivity contribution in [2.24, 2.45) is 5.73 Å². The summed E-state index contributed by atoms with van der Waals surface area (Å²) in [6.45, 7) is 6.68. The summed E-state index contributed by atoms with van der Waals surface area (Å²) in [6, 6.07) is 33.4. The Bertz CT molecular complexity index is 1060. The number of nitrogens with zero attached hydrogens (tertiary/aromatic N) is 3. The zero-order valence-electron chi connectivity index (χ0n) is 22.4. The molecule has 0 unspecified atom stereocenters. The van der Waals surface area contributed by atoms with Crippen molar-refractivity contribution in [3.05, 3.63) is 91.0 Å². The van der Waals surface area contributed by atoms with E-state index in [2.05, 4.69) is 106 Å². The van der Waals surface area contributed by atoms with E-state index in [1.807, 2.05) is 0 Å². The number of carbonyl (C=O) groups excluding carboxylic acids is 1. The minimum atomic E-state index is -2.21. The van der Waals surface area contributed by atoms with Crippen LogP contribution in [0.5, 0.6) is 0 Å². The van der Waals surface area contributed by atoms with Gasteiger partial charge in [-0.2, -0.15) is 0 Å². The minimum Gasteiger partial charge on any atom is -0.370 e. The Morgan fingerprint density at radius 3 is 1.66 bits per heavy atom. The Morgan fingerprint density at radius 1 is 0.816 bits per heavy atom. The average Bonchev–Trinajstić information content (AvgIpc) is 2.96. The van der Waals surface area contributed by atoms with Crippen LogP contribution in [0.15, 0.2) is 91.0 Å². The van der Waals surface area contributed by atoms with E-state index in [1.54, 1.807) is 7.05 Å². The summed E-state index contributed by atoms with van der Waals surface area (Å²) in [6.07, 6.45) is 1.13. The van der Waals surface area contributed by atoms with Crippen molar-refractivity contribution in [3.8, 4) is 0 Å². The molecule has 3 aromatic carbocycles. The van der Waals surface area contributed by atoms with Gasteiger partial charge in [0.25, 0.3) is 0 Å². The smallest absolute Gasteiger partial charge is 0.188 e. The molecule has 3 aromatic rings. The van der Waals surface area contributed by atoms with Gasteiger partial charge in [0.2, 0.25) is 0 Å². The first-order valence-electron chi connectivity index (χ1n) is 13.4. The summed E-state index contributed by atoms with van der Waals surface area (Å²) >= 11 is 0. The summed E-state index contributed by atoms with van der Waals surface area (Å²) in [4.78, 5) is 18.5. The Kier molecular flexibility index (Phi) is 9.88. The fourth-order valence-electron chi connectivity index (χ4n) is 5.37. The number of rotatable bonds is 11. The molecular formula is C30H41N6OP. The number of piperazine rings is 1. The second-order valence-electron chi connectivity index (χ2n) is 10.0. The third-order valence-electron chi connectivity index (χ3n) is 7.61. The molecule has 0 bridgehead atoms. The number of guanidine groups is 1. The van der Waals surface area contributed by atoms with Crippen molar-refractivity contribution in [2.75, 3.05) is 65.6 Å². The predicted molar refractivity (Wildman–Crippen MR) is 162 cm³/mol. The molecule has 8 heteroatoms. The minimum absolute atomic E-state index is 0.102. The number of nitrogens with one attached hydrogen (secondary N) is 2. The SMILES string of the molecule is CN(CC(=O)NCCN1CCN(CC[PH](c2ccccc2)(c2ccccc2)c2ccccc2)CC1)C(=N)N. The van der Waals surface area contributed by atoms with Crippen LogP contribution in [0.4, 0.5) is 0 Å². The zero-order valence-corrected chi connectivity index (χ0v) is 23.4. The van der Waals surface area contributed by atoms with Crippen LogP contribution in [0.2, 0.25) is 0 Å². The normalized spacial score (nSPS) is 15.1. The van der Waals surface area contributed by atoms with Gasteiger partial charge in [-0.15, -0.1) is 0 Å². The summed E-state index contributed by atoms with van der Waals surface area (Å²) in [5.74, 6) is -0.208. The van der Waals surface area contributed by atoms with E-state index in [4.69, 9.17) is 11.1 Å². The summed E-state index contributed by atoms with van der Waals surface area (Å²) in [5, 5.41) is 14.7. The number of likely N-dealkylation sites (N-methyl/N-ethyl adjacent to an activating group) is 1. The maximum absolute atomic E-state index is 12.1. The molecule has 0 spiro atoms. The van der Waals surface area contributed by atoms with Crippen LogP contribution in [-0.4, -0.2) is 92.1 Å². The number of benzene rings is 3. The van der Waals surface area contributed by atoms with Gasteiger partial charge in [0, 0.05) is 7.05 Å². The first kappa shape index (κ1) is 27.8. The Balaban J connectivity index is 1.39.